The maximum Gasteiger partial charge on any atom is 0.166 e. The zero-order valence-electron chi connectivity index (χ0n) is 7.71. The molecule has 0 atom stereocenters. The molecule has 0 aliphatic rings. The quantitative estimate of drug-likeness (QED) is 0.229. The largest absolute Gasteiger partial charge is 0.386 e. The van der Waals surface area contributed by atoms with Crippen molar-refractivity contribution in [3.8, 4) is 0 Å². The highest BCUT2D eigenvalue weighted by Gasteiger charge is 2.00. The number of nitrogens with zero attached hydrogens (tertiary/aromatic N) is 3. The van der Waals surface area contributed by atoms with Gasteiger partial charge in [-0.2, -0.15) is 5.12 Å². The van der Waals surface area contributed by atoms with E-state index >= 15 is 0 Å². The fourth-order valence-corrected chi connectivity index (χ4v) is 0.824. The Morgan fingerprint density at radius 1 is 1.64 bits per heavy atom. The Bertz CT molecular complexity index is 341. The molecule has 0 saturated heterocycles. The lowest BCUT2D eigenvalue weighted by Crippen LogP contribution is -2.28. The van der Waals surface area contributed by atoms with Gasteiger partial charge >= 0.3 is 0 Å². The van der Waals surface area contributed by atoms with Crippen molar-refractivity contribution < 1.29 is 4.79 Å². The second kappa shape index (κ2) is 4.33. The van der Waals surface area contributed by atoms with Crippen molar-refractivity contribution in [3.05, 3.63) is 23.9 Å². The van der Waals surface area contributed by atoms with Gasteiger partial charge in [-0.25, -0.2) is 10.8 Å². The highest BCUT2D eigenvalue weighted by atomic mass is 16.1. The van der Waals surface area contributed by atoms with Gasteiger partial charge in [0.2, 0.25) is 0 Å². The average Bonchev–Trinajstić information content (AvgIpc) is 2.17. The van der Waals surface area contributed by atoms with Crippen molar-refractivity contribution in [2.45, 2.75) is 6.92 Å². The summed E-state index contributed by atoms with van der Waals surface area (Å²) in [6, 6.07) is 3.17. The molecule has 0 bridgehead atoms. The van der Waals surface area contributed by atoms with Gasteiger partial charge in [0.25, 0.3) is 0 Å². The standard InChI is InChI=1S/C8H11N5O/c1-6(9)12-13(10)8-3-2-7(5-14)4-11-8/h2-5H,10H2,1H3,(H2,9,12). The Labute approximate surface area is 81.2 Å². The number of aromatic nitrogens is 1. The number of carbonyl (C=O) groups is 1. The molecule has 4 N–H and O–H groups in total. The molecule has 6 nitrogen and oxygen atoms in total. The number of hydrazine groups is 1. The summed E-state index contributed by atoms with van der Waals surface area (Å²) in [5, 5.41) is 4.80. The van der Waals surface area contributed by atoms with Crippen molar-refractivity contribution in [1.29, 1.82) is 0 Å². The number of anilines is 1. The van der Waals surface area contributed by atoms with Gasteiger partial charge < -0.3 is 5.73 Å². The van der Waals surface area contributed by atoms with Gasteiger partial charge in [-0.3, -0.25) is 4.79 Å². The molecule has 0 unspecified atom stereocenters. The maximum absolute atomic E-state index is 10.3. The molecule has 14 heavy (non-hydrogen) atoms. The van der Waals surface area contributed by atoms with Gasteiger partial charge in [-0.15, -0.1) is 5.10 Å². The van der Waals surface area contributed by atoms with Crippen LogP contribution in [0, 0.1) is 0 Å². The third kappa shape index (κ3) is 2.53. The predicted octanol–water partition coefficient (Wildman–Crippen LogP) is -0.134. The van der Waals surface area contributed by atoms with Crippen molar-refractivity contribution >= 4 is 17.9 Å². The zero-order chi connectivity index (χ0) is 10.6. The first-order valence-corrected chi connectivity index (χ1v) is 3.90. The van der Waals surface area contributed by atoms with E-state index in [9.17, 15) is 4.79 Å². The lowest BCUT2D eigenvalue weighted by Gasteiger charge is -2.10. The number of hydrogen-bond acceptors (Lipinski definition) is 5. The summed E-state index contributed by atoms with van der Waals surface area (Å²) >= 11 is 0. The molecule has 0 amide bonds. The monoisotopic (exact) mass is 193 g/mol. The average molecular weight is 193 g/mol. The van der Waals surface area contributed by atoms with Crippen LogP contribution in [0.15, 0.2) is 23.4 Å². The van der Waals surface area contributed by atoms with Crippen molar-refractivity contribution in [2.24, 2.45) is 16.7 Å². The van der Waals surface area contributed by atoms with Crippen LogP contribution in [0.25, 0.3) is 0 Å². The van der Waals surface area contributed by atoms with Gasteiger partial charge in [0.05, 0.1) is 0 Å². The Balaban J connectivity index is 2.86. The minimum Gasteiger partial charge on any atom is -0.386 e. The molecule has 1 rings (SSSR count). The molecule has 0 radical (unpaired) electrons. The molecule has 0 spiro atoms. The van der Waals surface area contributed by atoms with E-state index in [1.54, 1.807) is 19.1 Å². The molecule has 0 fully saturated rings. The minimum atomic E-state index is 0.328. The Morgan fingerprint density at radius 2 is 2.36 bits per heavy atom. The van der Waals surface area contributed by atoms with E-state index in [0.717, 1.165) is 5.12 Å². The van der Waals surface area contributed by atoms with E-state index in [1.165, 1.54) is 6.20 Å². The van der Waals surface area contributed by atoms with Gasteiger partial charge in [-0.1, -0.05) is 0 Å². The first-order valence-electron chi connectivity index (χ1n) is 3.90. The maximum atomic E-state index is 10.3. The molecule has 0 saturated carbocycles. The molecule has 6 heteroatoms. The van der Waals surface area contributed by atoms with Crippen LogP contribution in [-0.2, 0) is 0 Å². The third-order valence-electron chi connectivity index (χ3n) is 1.41. The fourth-order valence-electron chi connectivity index (χ4n) is 0.824. The van der Waals surface area contributed by atoms with Gasteiger partial charge in [0, 0.05) is 11.8 Å². The molecule has 0 aliphatic carbocycles. The van der Waals surface area contributed by atoms with Gasteiger partial charge in [-0.05, 0) is 19.1 Å². The Morgan fingerprint density at radius 3 is 2.79 bits per heavy atom. The zero-order valence-corrected chi connectivity index (χ0v) is 7.71. The van der Waals surface area contributed by atoms with Crippen LogP contribution in [0.1, 0.15) is 17.3 Å². The molecular weight excluding hydrogens is 182 g/mol. The SMILES string of the molecule is C/C(N)=N/N(N)c1ccc(C=O)cn1. The number of carbonyl (C=O) groups excluding carboxylic acids is 1. The minimum absolute atomic E-state index is 0.328. The molecule has 0 aliphatic heterocycles. The Hall–Kier alpha value is -1.95. The third-order valence-corrected chi connectivity index (χ3v) is 1.41. The van der Waals surface area contributed by atoms with Gasteiger partial charge in [0.15, 0.2) is 12.1 Å². The number of hydrazone groups is 1. The molecular formula is C8H11N5O. The van der Waals surface area contributed by atoms with E-state index in [4.69, 9.17) is 11.6 Å². The summed E-state index contributed by atoms with van der Waals surface area (Å²) in [7, 11) is 0. The van der Waals surface area contributed by atoms with Crippen LogP contribution in [0.2, 0.25) is 0 Å². The summed E-state index contributed by atoms with van der Waals surface area (Å²) in [6.07, 6.45) is 2.11. The number of amidine groups is 1. The van der Waals surface area contributed by atoms with E-state index in [2.05, 4.69) is 10.1 Å². The Kier molecular flexibility index (Phi) is 3.14. The predicted molar refractivity (Wildman–Crippen MR) is 53.6 cm³/mol. The highest BCUT2D eigenvalue weighted by molar-refractivity contribution is 5.78. The number of nitrogens with two attached hydrogens (primary N) is 2. The van der Waals surface area contributed by atoms with Crippen molar-refractivity contribution in [2.75, 3.05) is 5.12 Å². The van der Waals surface area contributed by atoms with E-state index in [1.807, 2.05) is 0 Å². The fraction of sp³-hybridized carbons (Fsp3) is 0.125. The second-order valence-electron chi connectivity index (χ2n) is 2.65. The molecule has 1 aromatic heterocycles. The van der Waals surface area contributed by atoms with Crippen LogP contribution in [-0.4, -0.2) is 17.1 Å². The van der Waals surface area contributed by atoms with Crippen LogP contribution in [0.5, 0.6) is 0 Å². The van der Waals surface area contributed by atoms with Gasteiger partial charge in [0.1, 0.15) is 5.84 Å². The first kappa shape index (κ1) is 10.1. The topological polar surface area (TPSA) is 97.6 Å². The van der Waals surface area contributed by atoms with Crippen LogP contribution < -0.4 is 16.7 Å². The number of rotatable bonds is 3. The van der Waals surface area contributed by atoms with Crippen LogP contribution in [0.3, 0.4) is 0 Å². The number of hydrogen-bond donors (Lipinski definition) is 2. The van der Waals surface area contributed by atoms with Crippen molar-refractivity contribution in [3.63, 3.8) is 0 Å². The number of aldehydes is 1. The van der Waals surface area contributed by atoms with Crippen LogP contribution >= 0.6 is 0 Å². The van der Waals surface area contributed by atoms with E-state index in [0.29, 0.717) is 23.5 Å². The second-order valence-corrected chi connectivity index (χ2v) is 2.65. The molecule has 0 aromatic carbocycles. The summed E-state index contributed by atoms with van der Waals surface area (Å²) in [5.41, 5.74) is 5.81. The normalized spacial score (nSPS) is 11.1. The summed E-state index contributed by atoms with van der Waals surface area (Å²) in [6.45, 7) is 1.61. The first-order chi connectivity index (χ1) is 6.63. The summed E-state index contributed by atoms with van der Waals surface area (Å²) in [5.74, 6) is 6.25. The van der Waals surface area contributed by atoms with E-state index < -0.39 is 0 Å². The molecule has 1 aromatic rings. The highest BCUT2D eigenvalue weighted by Crippen LogP contribution is 2.06. The molecule has 1 heterocycles. The lowest BCUT2D eigenvalue weighted by molar-refractivity contribution is 0.112. The smallest absolute Gasteiger partial charge is 0.166 e. The lowest BCUT2D eigenvalue weighted by atomic mass is 10.3. The number of pyridine rings is 1. The molecule has 74 valence electrons. The summed E-state index contributed by atoms with van der Waals surface area (Å²) < 4.78 is 0. The van der Waals surface area contributed by atoms with Crippen molar-refractivity contribution in [1.82, 2.24) is 4.98 Å². The van der Waals surface area contributed by atoms with E-state index in [-0.39, 0.29) is 0 Å². The summed E-state index contributed by atoms with van der Waals surface area (Å²) in [4.78, 5) is 14.2. The van der Waals surface area contributed by atoms with Crippen LogP contribution in [0.4, 0.5) is 5.82 Å².